The first-order valence-corrected chi connectivity index (χ1v) is 19.9. The minimum absolute atomic E-state index is 0.0807. The summed E-state index contributed by atoms with van der Waals surface area (Å²) in [4.78, 5) is 81.4. The molecule has 0 bridgehead atoms. The Kier molecular flexibility index (Phi) is 10.3. The molecule has 8 rings (SSSR count). The van der Waals surface area contributed by atoms with Crippen LogP contribution in [0.3, 0.4) is 0 Å². The predicted octanol–water partition coefficient (Wildman–Crippen LogP) is 3.13. The molecule has 4 aromatic rings. The van der Waals surface area contributed by atoms with Crippen molar-refractivity contribution in [1.29, 1.82) is 0 Å². The van der Waals surface area contributed by atoms with Crippen molar-refractivity contribution < 1.29 is 24.3 Å². The molecule has 2 aromatic carbocycles. The van der Waals surface area contributed by atoms with E-state index in [0.29, 0.717) is 65.6 Å². The minimum atomic E-state index is -0.994. The average molecular weight is 799 g/mol. The van der Waals surface area contributed by atoms with E-state index >= 15 is 0 Å². The van der Waals surface area contributed by atoms with Crippen molar-refractivity contribution in [2.24, 2.45) is 13.0 Å². The molecule has 0 radical (unpaired) electrons. The molecular weight excluding hydrogens is 752 g/mol. The van der Waals surface area contributed by atoms with E-state index in [1.807, 2.05) is 24.3 Å². The Hall–Kier alpha value is -5.32. The Balaban J connectivity index is 0.863. The maximum Gasteiger partial charge on any atom is 0.328 e. The highest BCUT2D eigenvalue weighted by Crippen LogP contribution is 2.35. The number of benzene rings is 2. The molecule has 2 aromatic heterocycles. The van der Waals surface area contributed by atoms with Crippen molar-refractivity contribution in [2.45, 2.75) is 64.1 Å². The fourth-order valence-electron chi connectivity index (χ4n) is 8.44. The van der Waals surface area contributed by atoms with Crippen LogP contribution >= 0.6 is 11.6 Å². The monoisotopic (exact) mass is 798 g/mol. The van der Waals surface area contributed by atoms with Crippen LogP contribution in [0.5, 0.6) is 0 Å². The number of nitrogens with zero attached hydrogens (tertiary/aromatic N) is 8. The molecule has 4 aliphatic heterocycles. The maximum atomic E-state index is 13.6. The Morgan fingerprint density at radius 2 is 1.68 bits per heavy atom. The summed E-state index contributed by atoms with van der Waals surface area (Å²) in [6, 6.07) is 9.95. The van der Waals surface area contributed by atoms with E-state index in [4.69, 9.17) is 16.6 Å². The van der Waals surface area contributed by atoms with Gasteiger partial charge in [-0.3, -0.25) is 43.4 Å². The van der Waals surface area contributed by atoms with Crippen LogP contribution < -0.4 is 26.1 Å². The normalized spacial score (nSPS) is 19.8. The molecule has 6 heterocycles. The number of piperidine rings is 2. The molecule has 3 N–H and O–H groups in total. The number of piperazine rings is 1. The van der Waals surface area contributed by atoms with Crippen molar-refractivity contribution in [3.63, 3.8) is 0 Å². The summed E-state index contributed by atoms with van der Waals surface area (Å²) in [5.41, 5.74) is 2.54. The number of anilines is 4. The van der Waals surface area contributed by atoms with E-state index in [0.717, 1.165) is 67.2 Å². The van der Waals surface area contributed by atoms with Gasteiger partial charge >= 0.3 is 5.69 Å². The van der Waals surface area contributed by atoms with Crippen molar-refractivity contribution in [3.8, 4) is 0 Å². The summed E-state index contributed by atoms with van der Waals surface area (Å²) >= 11 is 6.57. The zero-order chi connectivity index (χ0) is 40.2. The van der Waals surface area contributed by atoms with Crippen molar-refractivity contribution in [3.05, 3.63) is 69.2 Å². The summed E-state index contributed by atoms with van der Waals surface area (Å²) in [5, 5.41) is 16.2. The van der Waals surface area contributed by atoms with Gasteiger partial charge in [0, 0.05) is 71.5 Å². The van der Waals surface area contributed by atoms with Gasteiger partial charge in [-0.15, -0.1) is 0 Å². The van der Waals surface area contributed by atoms with Gasteiger partial charge < -0.3 is 20.2 Å². The average Bonchev–Trinajstić information content (AvgIpc) is 3.58. The smallest absolute Gasteiger partial charge is 0.328 e. The lowest BCUT2D eigenvalue weighted by molar-refractivity contribution is -0.136. The molecule has 1 atom stereocenters. The molecule has 4 aliphatic rings. The number of nitrogens with one attached hydrogen (secondary N) is 2. The SMILES string of the molecule is Cn1c(=O)n(CCC(C)(C)O)c2cc(Nc3nc(N4CCC(CN5CCN(c6cccc7c6C(=O)N(C6CCC(=O)NC6=O)C7=O)CC5)CC4)ncc3Cl)ccc21. The topological polar surface area (TPSA) is 178 Å². The Morgan fingerprint density at radius 1 is 0.930 bits per heavy atom. The number of aryl methyl sites for hydroxylation is 2. The number of carbonyl (C=O) groups excluding carboxylic acids is 4. The predicted molar refractivity (Wildman–Crippen MR) is 215 cm³/mol. The van der Waals surface area contributed by atoms with E-state index in [1.54, 1.807) is 48.4 Å². The second-order valence-electron chi connectivity index (χ2n) is 16.1. The molecule has 17 heteroatoms. The van der Waals surface area contributed by atoms with Crippen molar-refractivity contribution >= 4 is 69.4 Å². The summed E-state index contributed by atoms with van der Waals surface area (Å²) in [7, 11) is 1.74. The fourth-order valence-corrected chi connectivity index (χ4v) is 8.58. The van der Waals surface area contributed by atoms with Gasteiger partial charge in [-0.1, -0.05) is 17.7 Å². The minimum Gasteiger partial charge on any atom is -0.390 e. The third kappa shape index (κ3) is 7.60. The van der Waals surface area contributed by atoms with Crippen molar-refractivity contribution in [1.82, 2.24) is 34.2 Å². The lowest BCUT2D eigenvalue weighted by Crippen LogP contribution is -2.54. The van der Waals surface area contributed by atoms with E-state index in [2.05, 4.69) is 30.3 Å². The molecule has 1 unspecified atom stereocenters. The first kappa shape index (κ1) is 38.5. The second kappa shape index (κ2) is 15.2. The molecule has 0 saturated carbocycles. The van der Waals surface area contributed by atoms with Gasteiger partial charge in [0.2, 0.25) is 17.8 Å². The molecule has 3 fully saturated rings. The van der Waals surface area contributed by atoms with E-state index < -0.39 is 35.3 Å². The van der Waals surface area contributed by atoms with Gasteiger partial charge in [0.15, 0.2) is 5.82 Å². The van der Waals surface area contributed by atoms with Gasteiger partial charge in [-0.25, -0.2) is 9.78 Å². The number of aliphatic hydroxyl groups is 1. The Labute approximate surface area is 334 Å². The third-order valence-electron chi connectivity index (χ3n) is 11.7. The van der Waals surface area contributed by atoms with Gasteiger partial charge in [0.1, 0.15) is 11.1 Å². The number of amides is 4. The number of fused-ring (bicyclic) bond motifs is 2. The molecule has 0 spiro atoms. The molecule has 300 valence electrons. The zero-order valence-corrected chi connectivity index (χ0v) is 33.1. The van der Waals surface area contributed by atoms with E-state index in [1.165, 1.54) is 0 Å². The number of imide groups is 2. The van der Waals surface area contributed by atoms with Crippen LogP contribution in [0.1, 0.15) is 66.7 Å². The number of aromatic nitrogens is 4. The fraction of sp³-hybridized carbons (Fsp3) is 0.475. The highest BCUT2D eigenvalue weighted by atomic mass is 35.5. The summed E-state index contributed by atoms with van der Waals surface area (Å²) in [6.07, 6.45) is 4.19. The molecular formula is C40H47ClN10O6. The van der Waals surface area contributed by atoms with Gasteiger partial charge in [0.05, 0.1) is 39.6 Å². The maximum absolute atomic E-state index is 13.6. The number of carbonyl (C=O) groups is 4. The summed E-state index contributed by atoms with van der Waals surface area (Å²) in [6.45, 7) is 9.38. The highest BCUT2D eigenvalue weighted by molar-refractivity contribution is 6.33. The first-order chi connectivity index (χ1) is 27.3. The highest BCUT2D eigenvalue weighted by Gasteiger charge is 2.46. The standard InChI is InChI=1S/C40H47ClN10O6/c1-40(2,57)13-16-50-31-21-25(7-8-28(31)46(3)39(50)56)43-34-27(41)22-42-38(45-34)49-14-11-24(12-15-49)23-47-17-19-48(20-18-47)29-6-4-5-26-33(29)37(55)51(36(26)54)30-9-10-32(52)44-35(30)53/h4-8,21-22,24,30,57H,9-20,23H2,1-3H3,(H,42,43,45)(H,44,52,53). The van der Waals surface area contributed by atoms with Crippen LogP contribution in [0.2, 0.25) is 5.02 Å². The third-order valence-corrected chi connectivity index (χ3v) is 11.9. The number of rotatable bonds is 10. The molecule has 0 aliphatic carbocycles. The van der Waals surface area contributed by atoms with Gasteiger partial charge in [-0.05, 0) is 75.8 Å². The van der Waals surface area contributed by atoms with Crippen LogP contribution in [-0.2, 0) is 23.2 Å². The number of imidazole rings is 1. The second-order valence-corrected chi connectivity index (χ2v) is 16.5. The zero-order valence-electron chi connectivity index (χ0n) is 32.3. The lowest BCUT2D eigenvalue weighted by Gasteiger charge is -2.40. The number of hydrogen-bond acceptors (Lipinski definition) is 12. The first-order valence-electron chi connectivity index (χ1n) is 19.5. The largest absolute Gasteiger partial charge is 0.390 e. The van der Waals surface area contributed by atoms with Crippen molar-refractivity contribution in [2.75, 3.05) is 60.9 Å². The van der Waals surface area contributed by atoms with Gasteiger partial charge in [-0.2, -0.15) is 4.98 Å². The molecule has 3 saturated heterocycles. The van der Waals surface area contributed by atoms with Crippen LogP contribution in [0.4, 0.5) is 23.1 Å². The van der Waals surface area contributed by atoms with E-state index in [-0.39, 0.29) is 18.5 Å². The number of halogens is 1. The van der Waals surface area contributed by atoms with E-state index in [9.17, 15) is 29.1 Å². The van der Waals surface area contributed by atoms with Crippen LogP contribution in [0.25, 0.3) is 11.0 Å². The Bertz CT molecular complexity index is 2320. The lowest BCUT2D eigenvalue weighted by atomic mass is 9.96. The Morgan fingerprint density at radius 3 is 2.40 bits per heavy atom. The molecule has 16 nitrogen and oxygen atoms in total. The van der Waals surface area contributed by atoms with Gasteiger partial charge in [0.25, 0.3) is 11.8 Å². The van der Waals surface area contributed by atoms with Crippen LogP contribution in [0.15, 0.2) is 47.4 Å². The quantitative estimate of drug-likeness (QED) is 0.200. The summed E-state index contributed by atoms with van der Waals surface area (Å²) in [5.74, 6) is -0.433. The number of hydrogen-bond donors (Lipinski definition) is 3. The molecule has 4 amide bonds. The molecule has 57 heavy (non-hydrogen) atoms. The summed E-state index contributed by atoms with van der Waals surface area (Å²) < 4.78 is 3.28. The van der Waals surface area contributed by atoms with Crippen LogP contribution in [-0.4, -0.2) is 115 Å². The van der Waals surface area contributed by atoms with Crippen LogP contribution in [0, 0.1) is 5.92 Å².